The molecule has 0 saturated carbocycles. The van der Waals surface area contributed by atoms with Gasteiger partial charge in [-0.25, -0.2) is 0 Å². The van der Waals surface area contributed by atoms with Crippen LogP contribution in [0.3, 0.4) is 0 Å². The fourth-order valence-electron chi connectivity index (χ4n) is 8.44. The van der Waals surface area contributed by atoms with Crippen LogP contribution >= 0.6 is 22.9 Å². The van der Waals surface area contributed by atoms with E-state index in [1.54, 1.807) is 0 Å². The number of anilines is 8. The molecular weight excluding hydrogens is 909 g/mol. The van der Waals surface area contributed by atoms with Gasteiger partial charge in [0.15, 0.2) is 0 Å². The number of hydrogen-bond donors (Lipinski definition) is 2. The predicted molar refractivity (Wildman–Crippen MR) is 304 cm³/mol. The van der Waals surface area contributed by atoms with Crippen molar-refractivity contribution in [2.75, 3.05) is 20.3 Å². The van der Waals surface area contributed by atoms with Gasteiger partial charge in [0.25, 0.3) is 0 Å². The van der Waals surface area contributed by atoms with Crippen LogP contribution in [-0.2, 0) is 0 Å². The van der Waals surface area contributed by atoms with Crippen LogP contribution in [0.1, 0.15) is 2.85 Å². The van der Waals surface area contributed by atoms with Crippen molar-refractivity contribution in [2.24, 2.45) is 0 Å². The molecule has 0 atom stereocenters. The molecule has 1 aliphatic rings. The fraction of sp³-hybridized carbons (Fsp3) is 0. The number of hydrogen-bond acceptors (Lipinski definition) is 4. The topological polar surface area (TPSA) is 30.5 Å². The molecule has 10 aromatic rings. The Balaban J connectivity index is 0.000000194. The maximum absolute atomic E-state index is 5.57. The molecule has 11 rings (SSSR count). The Kier molecular flexibility index (Phi) is 17.4. The summed E-state index contributed by atoms with van der Waals surface area (Å²) in [4.78, 5) is 4.95. The zero-order valence-corrected chi connectivity index (χ0v) is 41.8. The second-order valence-electron chi connectivity index (χ2n) is 16.0. The van der Waals surface area contributed by atoms with Crippen LogP contribution in [0.4, 0.5) is 45.5 Å². The van der Waals surface area contributed by atoms with Gasteiger partial charge >= 0.3 is 50.3 Å². The van der Waals surface area contributed by atoms with Crippen molar-refractivity contribution >= 4 is 130 Å². The molecule has 0 bridgehead atoms. The Labute approximate surface area is 450 Å². The number of nitrogens with zero attached hydrogens (tertiary/aromatic N) is 2. The average Bonchev–Trinajstić information content (AvgIpc) is 3.77. The van der Waals surface area contributed by atoms with Gasteiger partial charge in [-0.05, 0) is 82.7 Å². The fourth-order valence-corrected chi connectivity index (χ4v) is 8.73. The maximum atomic E-state index is 5.57. The minimum atomic E-state index is -0.397. The molecule has 1 aliphatic heterocycles. The van der Waals surface area contributed by atoms with Gasteiger partial charge < -0.3 is 23.1 Å². The van der Waals surface area contributed by atoms with Gasteiger partial charge in [0.05, 0.1) is 22.7 Å². The van der Waals surface area contributed by atoms with Crippen molar-refractivity contribution in [3.8, 4) is 22.3 Å². The monoisotopic (exact) mass is 958 g/mol. The summed E-state index contributed by atoms with van der Waals surface area (Å²) in [5.74, 6) is 0. The number of halogens is 2. The van der Waals surface area contributed by atoms with Crippen molar-refractivity contribution in [3.63, 3.8) is 0 Å². The van der Waals surface area contributed by atoms with E-state index in [2.05, 4.69) is 227 Å². The first-order valence-corrected chi connectivity index (χ1v) is 23.6. The quantitative estimate of drug-likeness (QED) is 0.134. The van der Waals surface area contributed by atoms with E-state index in [1.165, 1.54) is 44.9 Å². The number of para-hydroxylation sites is 6. The zero-order chi connectivity index (χ0) is 46.3. The molecule has 0 spiro atoms. The molecule has 0 amide bonds. The summed E-state index contributed by atoms with van der Waals surface area (Å²) in [6.07, 6.45) is 0. The second kappa shape index (κ2) is 24.6. The SMILES string of the molecule is ClB(Cl)c1ccccc1.[Ca+2].[H-].[H-].c1ccc(B2N(c3ccccc3)c3cccc(-c4ccccc4)c3N2c2ccccc2)cc1.c1ccc(Nc2cccc(-c3ccccc3)c2Nc2ccccc2)cc1. The third-order valence-electron chi connectivity index (χ3n) is 11.6. The van der Waals surface area contributed by atoms with Crippen molar-refractivity contribution in [1.29, 1.82) is 0 Å². The molecule has 0 fully saturated rings. The molecule has 0 aromatic heterocycles. The Hall–Kier alpha value is -6.63. The Morgan fingerprint density at radius 3 is 1.29 bits per heavy atom. The summed E-state index contributed by atoms with van der Waals surface area (Å²) in [5.41, 5.74) is 15.6. The van der Waals surface area contributed by atoms with Gasteiger partial charge in [-0.15, -0.1) is 0 Å². The Bertz CT molecular complexity index is 3110. The molecule has 69 heavy (non-hydrogen) atoms. The van der Waals surface area contributed by atoms with Crippen LogP contribution in [0.15, 0.2) is 279 Å². The van der Waals surface area contributed by atoms with E-state index in [0.717, 1.165) is 33.8 Å². The molecular formula is C60H50B2CaCl2N4. The molecule has 332 valence electrons. The minimum Gasteiger partial charge on any atom is -1.00 e. The third-order valence-corrected chi connectivity index (χ3v) is 12.1. The van der Waals surface area contributed by atoms with Crippen LogP contribution in [0.25, 0.3) is 22.3 Å². The number of rotatable bonds is 10. The number of fused-ring (bicyclic) bond motifs is 1. The van der Waals surface area contributed by atoms with Crippen LogP contribution < -0.4 is 31.2 Å². The maximum Gasteiger partial charge on any atom is 2.00 e. The van der Waals surface area contributed by atoms with Crippen LogP contribution in [0.5, 0.6) is 0 Å². The molecule has 10 aromatic carbocycles. The summed E-state index contributed by atoms with van der Waals surface area (Å²) in [7, 11) is 0. The van der Waals surface area contributed by atoms with E-state index in [-0.39, 0.29) is 47.6 Å². The van der Waals surface area contributed by atoms with E-state index in [0.29, 0.717) is 0 Å². The summed E-state index contributed by atoms with van der Waals surface area (Å²) in [5, 5.41) is 7.14. The number of nitrogens with one attached hydrogen (secondary N) is 2. The van der Waals surface area contributed by atoms with Crippen molar-refractivity contribution in [3.05, 3.63) is 279 Å². The number of benzene rings is 10. The average molecular weight is 960 g/mol. The molecule has 2 N–H and O–H groups in total. The largest absolute Gasteiger partial charge is 2.00 e. The molecule has 0 unspecified atom stereocenters. The standard InChI is InChI=1S/C30H23BN2.C24H20N2.C6H5BCl2.Ca.2H/c1-5-14-24(15-6-1)28-22-13-23-29-30(28)33(27-20-11-4-12-21-27)31(25-16-7-2-8-17-25)32(29)26-18-9-3-10-19-26;1-4-11-19(12-5-1)22-17-10-18-23(25-20-13-6-2-7-14-20)24(22)26-21-15-8-3-9-16-21;8-7(9)6-4-2-1-3-5-6;;;/h1-23H;1-18,25-26H;1-5H;;;/q;;;+2;2*-1. The molecule has 9 heteroatoms. The third kappa shape index (κ3) is 12.2. The van der Waals surface area contributed by atoms with Gasteiger partial charge in [0.1, 0.15) is 0 Å². The molecule has 0 saturated heterocycles. The molecule has 1 heterocycles. The summed E-state index contributed by atoms with van der Waals surface area (Å²) < 4.78 is 0. The Morgan fingerprint density at radius 1 is 0.377 bits per heavy atom. The zero-order valence-electron chi connectivity index (χ0n) is 40.1. The minimum absolute atomic E-state index is 0. The van der Waals surface area contributed by atoms with Crippen molar-refractivity contribution in [2.45, 2.75) is 0 Å². The van der Waals surface area contributed by atoms with Crippen LogP contribution in [0.2, 0.25) is 0 Å². The van der Waals surface area contributed by atoms with E-state index in [1.807, 2.05) is 72.8 Å². The second-order valence-corrected chi connectivity index (χ2v) is 17.1. The molecule has 0 radical (unpaired) electrons. The first-order valence-electron chi connectivity index (χ1n) is 22.7. The summed E-state index contributed by atoms with van der Waals surface area (Å²) in [6.45, 7) is -0.00383. The van der Waals surface area contributed by atoms with E-state index in [4.69, 9.17) is 22.9 Å². The molecule has 4 nitrogen and oxygen atoms in total. The van der Waals surface area contributed by atoms with Gasteiger partial charge in [-0.2, -0.15) is 22.9 Å². The van der Waals surface area contributed by atoms with Gasteiger partial charge in [0, 0.05) is 33.9 Å². The van der Waals surface area contributed by atoms with E-state index in [9.17, 15) is 0 Å². The van der Waals surface area contributed by atoms with E-state index < -0.39 is 5.54 Å². The van der Waals surface area contributed by atoms with Crippen LogP contribution in [0, 0.1) is 0 Å². The van der Waals surface area contributed by atoms with Crippen LogP contribution in [-0.4, -0.2) is 50.3 Å². The Morgan fingerprint density at radius 2 is 0.783 bits per heavy atom. The summed E-state index contributed by atoms with van der Waals surface area (Å²) in [6, 6.07) is 96.4. The van der Waals surface area contributed by atoms with Gasteiger partial charge in [-0.3, -0.25) is 0 Å². The summed E-state index contributed by atoms with van der Waals surface area (Å²) >= 11 is 11.1. The first kappa shape index (κ1) is 48.8. The predicted octanol–water partition coefficient (Wildman–Crippen LogP) is 15.6. The normalized spacial score (nSPS) is 11.1. The van der Waals surface area contributed by atoms with Gasteiger partial charge in [0.2, 0.25) is 0 Å². The molecule has 0 aliphatic carbocycles. The van der Waals surface area contributed by atoms with E-state index >= 15 is 0 Å². The van der Waals surface area contributed by atoms with Crippen molar-refractivity contribution < 1.29 is 2.85 Å². The van der Waals surface area contributed by atoms with Crippen molar-refractivity contribution in [1.82, 2.24) is 0 Å². The first-order chi connectivity index (χ1) is 33.6. The smallest absolute Gasteiger partial charge is 1.00 e. The van der Waals surface area contributed by atoms with Gasteiger partial charge in [-0.1, -0.05) is 218 Å².